The maximum Gasteiger partial charge on any atom is 0.193 e. The van der Waals surface area contributed by atoms with E-state index in [2.05, 4.69) is 61.8 Å². The predicted octanol–water partition coefficient (Wildman–Crippen LogP) is 2.91. The molecule has 3 rings (SSSR count). The van der Waals surface area contributed by atoms with Gasteiger partial charge in [-0.05, 0) is 30.9 Å². The molecular formula is C20H29N5S. The van der Waals surface area contributed by atoms with E-state index in [0.717, 1.165) is 55.8 Å². The fraction of sp³-hybridized carbons (Fsp3) is 0.500. The number of nitrogens with zero attached hydrogens (tertiary/aromatic N) is 4. The fourth-order valence-corrected chi connectivity index (χ4v) is 4.04. The molecule has 6 heteroatoms. The molecule has 1 aliphatic heterocycles. The number of guanidine groups is 1. The van der Waals surface area contributed by atoms with Crippen LogP contribution in [0.2, 0.25) is 0 Å². The quantitative estimate of drug-likeness (QED) is 0.482. The molecule has 5 nitrogen and oxygen atoms in total. The molecule has 0 spiro atoms. The summed E-state index contributed by atoms with van der Waals surface area (Å²) in [6.45, 7) is 7.12. The third-order valence-corrected chi connectivity index (χ3v) is 5.61. The minimum absolute atomic E-state index is 0.785. The second-order valence-electron chi connectivity index (χ2n) is 6.84. The lowest BCUT2D eigenvalue weighted by atomic mass is 10.00. The first-order valence-electron chi connectivity index (χ1n) is 9.27. The summed E-state index contributed by atoms with van der Waals surface area (Å²) in [6, 6.07) is 8.82. The summed E-state index contributed by atoms with van der Waals surface area (Å²) < 4.78 is 0. The molecule has 140 valence electrons. The van der Waals surface area contributed by atoms with Crippen LogP contribution >= 0.6 is 11.3 Å². The zero-order valence-corrected chi connectivity index (χ0v) is 16.9. The van der Waals surface area contributed by atoms with Gasteiger partial charge in [0.1, 0.15) is 0 Å². The second kappa shape index (κ2) is 9.14. The number of thiazole rings is 1. The highest BCUT2D eigenvalue weighted by Crippen LogP contribution is 2.18. The SMILES string of the molecule is CN=C(NCCCN1CCc2ccccc2C1)N(C)Cc1csc(C)n1. The number of aromatic nitrogens is 1. The molecule has 1 aliphatic rings. The molecule has 0 unspecified atom stereocenters. The van der Waals surface area contributed by atoms with Crippen LogP contribution < -0.4 is 5.32 Å². The Kier molecular flexibility index (Phi) is 6.63. The molecule has 0 radical (unpaired) electrons. The van der Waals surface area contributed by atoms with Crippen LogP contribution in [0.3, 0.4) is 0 Å². The van der Waals surface area contributed by atoms with Crippen molar-refractivity contribution >= 4 is 17.3 Å². The van der Waals surface area contributed by atoms with E-state index in [1.807, 2.05) is 14.0 Å². The molecule has 0 saturated heterocycles. The summed E-state index contributed by atoms with van der Waals surface area (Å²) in [5.74, 6) is 0.930. The second-order valence-corrected chi connectivity index (χ2v) is 7.90. The lowest BCUT2D eigenvalue weighted by Crippen LogP contribution is -2.40. The van der Waals surface area contributed by atoms with Gasteiger partial charge in [0, 0.05) is 45.7 Å². The van der Waals surface area contributed by atoms with Crippen molar-refractivity contribution < 1.29 is 0 Å². The Morgan fingerprint density at radius 2 is 2.15 bits per heavy atom. The summed E-state index contributed by atoms with van der Waals surface area (Å²) in [6.07, 6.45) is 2.28. The molecule has 0 amide bonds. The van der Waals surface area contributed by atoms with Crippen molar-refractivity contribution in [2.75, 3.05) is 33.7 Å². The Bertz CT molecular complexity index is 739. The first-order chi connectivity index (χ1) is 12.7. The standard InChI is InChI=1S/C20H29N5S/c1-16-23-19(15-26-16)14-24(3)20(21-2)22-10-6-11-25-12-9-17-7-4-5-8-18(17)13-25/h4-5,7-8,15H,6,9-14H2,1-3H3,(H,21,22). The van der Waals surface area contributed by atoms with Gasteiger partial charge in [-0.3, -0.25) is 9.89 Å². The molecule has 0 aliphatic carbocycles. The molecule has 26 heavy (non-hydrogen) atoms. The van der Waals surface area contributed by atoms with E-state index in [1.165, 1.54) is 17.5 Å². The largest absolute Gasteiger partial charge is 0.356 e. The molecule has 0 atom stereocenters. The highest BCUT2D eigenvalue weighted by Gasteiger charge is 2.15. The number of hydrogen-bond donors (Lipinski definition) is 1. The van der Waals surface area contributed by atoms with Gasteiger partial charge in [0.15, 0.2) is 5.96 Å². The number of hydrogen-bond acceptors (Lipinski definition) is 4. The van der Waals surface area contributed by atoms with Gasteiger partial charge in [-0.25, -0.2) is 4.98 Å². The average Bonchev–Trinajstić information content (AvgIpc) is 3.06. The summed E-state index contributed by atoms with van der Waals surface area (Å²) in [5, 5.41) is 6.71. The van der Waals surface area contributed by atoms with Crippen molar-refractivity contribution in [3.8, 4) is 0 Å². The molecule has 2 aromatic rings. The van der Waals surface area contributed by atoms with Gasteiger partial charge >= 0.3 is 0 Å². The molecule has 1 aromatic carbocycles. The van der Waals surface area contributed by atoms with Gasteiger partial charge < -0.3 is 10.2 Å². The summed E-state index contributed by atoms with van der Waals surface area (Å²) in [7, 11) is 3.90. The van der Waals surface area contributed by atoms with Crippen molar-refractivity contribution in [2.45, 2.75) is 32.9 Å². The van der Waals surface area contributed by atoms with E-state index >= 15 is 0 Å². The molecule has 1 N–H and O–H groups in total. The zero-order valence-electron chi connectivity index (χ0n) is 16.0. The number of benzene rings is 1. The van der Waals surface area contributed by atoms with Gasteiger partial charge in [0.05, 0.1) is 17.2 Å². The van der Waals surface area contributed by atoms with E-state index in [-0.39, 0.29) is 0 Å². The Morgan fingerprint density at radius 1 is 1.35 bits per heavy atom. The topological polar surface area (TPSA) is 43.8 Å². The minimum atomic E-state index is 0.785. The van der Waals surface area contributed by atoms with Crippen LogP contribution in [-0.2, 0) is 19.5 Å². The highest BCUT2D eigenvalue weighted by molar-refractivity contribution is 7.09. The van der Waals surface area contributed by atoms with Crippen molar-refractivity contribution in [2.24, 2.45) is 4.99 Å². The van der Waals surface area contributed by atoms with Gasteiger partial charge in [-0.1, -0.05) is 24.3 Å². The Morgan fingerprint density at radius 3 is 2.88 bits per heavy atom. The van der Waals surface area contributed by atoms with Crippen LogP contribution in [0, 0.1) is 6.92 Å². The maximum absolute atomic E-state index is 4.53. The minimum Gasteiger partial charge on any atom is -0.356 e. The zero-order chi connectivity index (χ0) is 18.4. The lowest BCUT2D eigenvalue weighted by Gasteiger charge is -2.29. The third-order valence-electron chi connectivity index (χ3n) is 4.78. The van der Waals surface area contributed by atoms with E-state index < -0.39 is 0 Å². The van der Waals surface area contributed by atoms with E-state index in [4.69, 9.17) is 0 Å². The third kappa shape index (κ3) is 5.05. The van der Waals surface area contributed by atoms with Crippen molar-refractivity contribution in [3.63, 3.8) is 0 Å². The van der Waals surface area contributed by atoms with Crippen LogP contribution in [0.5, 0.6) is 0 Å². The maximum atomic E-state index is 4.53. The smallest absolute Gasteiger partial charge is 0.193 e. The Balaban J connectivity index is 1.39. The van der Waals surface area contributed by atoms with Crippen molar-refractivity contribution in [1.82, 2.24) is 20.1 Å². The Labute approximate surface area is 160 Å². The average molecular weight is 372 g/mol. The number of rotatable bonds is 6. The van der Waals surface area contributed by atoms with Crippen LogP contribution in [0.1, 0.15) is 28.2 Å². The molecular weight excluding hydrogens is 342 g/mol. The van der Waals surface area contributed by atoms with E-state index in [0.29, 0.717) is 0 Å². The van der Waals surface area contributed by atoms with Gasteiger partial charge in [-0.2, -0.15) is 0 Å². The van der Waals surface area contributed by atoms with Crippen LogP contribution in [0.4, 0.5) is 0 Å². The van der Waals surface area contributed by atoms with Crippen molar-refractivity contribution in [1.29, 1.82) is 0 Å². The van der Waals surface area contributed by atoms with Crippen molar-refractivity contribution in [3.05, 3.63) is 51.5 Å². The summed E-state index contributed by atoms with van der Waals surface area (Å²) >= 11 is 1.69. The fourth-order valence-electron chi connectivity index (χ4n) is 3.43. The number of fused-ring (bicyclic) bond motifs is 1. The lowest BCUT2D eigenvalue weighted by molar-refractivity contribution is 0.251. The van der Waals surface area contributed by atoms with Crippen LogP contribution in [0.25, 0.3) is 0 Å². The number of aryl methyl sites for hydroxylation is 1. The molecule has 0 saturated carbocycles. The van der Waals surface area contributed by atoms with Gasteiger partial charge in [0.25, 0.3) is 0 Å². The summed E-state index contributed by atoms with van der Waals surface area (Å²) in [4.78, 5) is 13.6. The van der Waals surface area contributed by atoms with Gasteiger partial charge in [0.2, 0.25) is 0 Å². The van der Waals surface area contributed by atoms with Gasteiger partial charge in [-0.15, -0.1) is 11.3 Å². The molecule has 0 bridgehead atoms. The molecule has 1 aromatic heterocycles. The normalized spacial score (nSPS) is 15.0. The highest BCUT2D eigenvalue weighted by atomic mass is 32.1. The first kappa shape index (κ1) is 18.9. The predicted molar refractivity (Wildman–Crippen MR) is 110 cm³/mol. The number of nitrogens with one attached hydrogen (secondary N) is 1. The Hall–Kier alpha value is -1.92. The van der Waals surface area contributed by atoms with E-state index in [1.54, 1.807) is 11.3 Å². The monoisotopic (exact) mass is 371 g/mol. The number of aliphatic imine (C=N–C) groups is 1. The van der Waals surface area contributed by atoms with Crippen LogP contribution in [0.15, 0.2) is 34.6 Å². The summed E-state index contributed by atoms with van der Waals surface area (Å²) in [5.41, 5.74) is 4.10. The molecule has 0 fully saturated rings. The van der Waals surface area contributed by atoms with E-state index in [9.17, 15) is 0 Å². The van der Waals surface area contributed by atoms with Crippen LogP contribution in [-0.4, -0.2) is 54.5 Å². The first-order valence-corrected chi connectivity index (χ1v) is 10.2. The molecule has 2 heterocycles.